The number of nitrogens with zero attached hydrogens (tertiary/aromatic N) is 1. The van der Waals surface area contributed by atoms with Gasteiger partial charge in [0.2, 0.25) is 0 Å². The van der Waals surface area contributed by atoms with E-state index in [0.717, 1.165) is 4.90 Å². The van der Waals surface area contributed by atoms with Crippen LogP contribution in [-0.4, -0.2) is 41.4 Å². The van der Waals surface area contributed by atoms with Crippen LogP contribution >= 0.6 is 11.8 Å². The normalized spacial score (nSPS) is 10.4. The van der Waals surface area contributed by atoms with Crippen LogP contribution < -0.4 is 5.32 Å². The number of hydrogen-bond donors (Lipinski definition) is 2. The number of urea groups is 1. The summed E-state index contributed by atoms with van der Waals surface area (Å²) < 4.78 is 0. The molecule has 0 aromatic heterocycles. The molecule has 0 saturated carbocycles. The Kier molecular flexibility index (Phi) is 6.38. The average molecular weight is 296 g/mol. The van der Waals surface area contributed by atoms with Crippen LogP contribution in [0.1, 0.15) is 13.8 Å². The first kappa shape index (κ1) is 16.4. The highest BCUT2D eigenvalue weighted by Crippen LogP contribution is 2.19. The molecule has 0 saturated heterocycles. The van der Waals surface area contributed by atoms with Crippen LogP contribution in [0.4, 0.5) is 10.5 Å². The quantitative estimate of drug-likeness (QED) is 0.792. The van der Waals surface area contributed by atoms with E-state index in [2.05, 4.69) is 5.32 Å². The van der Waals surface area contributed by atoms with Crippen molar-refractivity contribution >= 4 is 29.4 Å². The molecule has 1 aromatic rings. The number of carbonyl (C=O) groups is 2. The molecule has 0 atom stereocenters. The molecule has 0 heterocycles. The zero-order valence-electron chi connectivity index (χ0n) is 11.9. The molecule has 0 aliphatic carbocycles. The monoisotopic (exact) mass is 296 g/mol. The van der Waals surface area contributed by atoms with E-state index in [-0.39, 0.29) is 18.5 Å². The fraction of sp³-hybridized carbons (Fsp3) is 0.429. The summed E-state index contributed by atoms with van der Waals surface area (Å²) in [6.45, 7) is 3.99. The van der Waals surface area contributed by atoms with Gasteiger partial charge in [0, 0.05) is 17.1 Å². The van der Waals surface area contributed by atoms with Crippen LogP contribution in [0.2, 0.25) is 0 Å². The van der Waals surface area contributed by atoms with Crippen molar-refractivity contribution in [2.24, 2.45) is 5.92 Å². The van der Waals surface area contributed by atoms with E-state index in [1.165, 1.54) is 4.90 Å². The summed E-state index contributed by atoms with van der Waals surface area (Å²) in [5.41, 5.74) is 0.668. The van der Waals surface area contributed by atoms with Crippen LogP contribution in [0.15, 0.2) is 29.2 Å². The van der Waals surface area contributed by atoms with Crippen molar-refractivity contribution in [1.82, 2.24) is 4.90 Å². The Balaban J connectivity index is 2.75. The number of anilines is 1. The largest absolute Gasteiger partial charge is 0.480 e. The van der Waals surface area contributed by atoms with E-state index in [9.17, 15) is 9.59 Å². The van der Waals surface area contributed by atoms with Crippen molar-refractivity contribution in [3.8, 4) is 0 Å². The first-order valence-corrected chi connectivity index (χ1v) is 7.56. The summed E-state index contributed by atoms with van der Waals surface area (Å²) >= 11 is 1.58. The number of nitrogens with one attached hydrogen (secondary N) is 1. The van der Waals surface area contributed by atoms with Gasteiger partial charge in [-0.15, -0.1) is 11.8 Å². The second-order valence-electron chi connectivity index (χ2n) is 4.83. The summed E-state index contributed by atoms with van der Waals surface area (Å²) in [6, 6.07) is 7.05. The smallest absolute Gasteiger partial charge is 0.323 e. The van der Waals surface area contributed by atoms with Gasteiger partial charge < -0.3 is 15.3 Å². The van der Waals surface area contributed by atoms with Gasteiger partial charge in [-0.25, -0.2) is 4.79 Å². The molecular formula is C14H20N2O3S. The van der Waals surface area contributed by atoms with E-state index < -0.39 is 5.97 Å². The molecule has 0 unspecified atom stereocenters. The summed E-state index contributed by atoms with van der Waals surface area (Å²) in [6.07, 6.45) is 1.95. The van der Waals surface area contributed by atoms with Gasteiger partial charge in [-0.1, -0.05) is 19.9 Å². The summed E-state index contributed by atoms with van der Waals surface area (Å²) in [4.78, 5) is 25.3. The third-order valence-electron chi connectivity index (χ3n) is 2.52. The number of hydrogen-bond acceptors (Lipinski definition) is 3. The number of carboxylic acid groups (broad SMARTS) is 1. The molecule has 5 nitrogen and oxygen atoms in total. The highest BCUT2D eigenvalue weighted by molar-refractivity contribution is 7.98. The van der Waals surface area contributed by atoms with Crippen molar-refractivity contribution in [3.63, 3.8) is 0 Å². The molecule has 0 radical (unpaired) electrons. The standard InChI is InChI=1S/C14H20N2O3S/c1-10(2)8-16(9-13(17)18)14(19)15-11-5-4-6-12(7-11)20-3/h4-7,10H,8-9H2,1-3H3,(H,15,19)(H,17,18). The first-order valence-electron chi connectivity index (χ1n) is 6.34. The average Bonchev–Trinajstić information content (AvgIpc) is 2.37. The van der Waals surface area contributed by atoms with Crippen LogP contribution in [-0.2, 0) is 4.79 Å². The van der Waals surface area contributed by atoms with E-state index in [1.807, 2.05) is 38.3 Å². The molecule has 0 bridgehead atoms. The van der Waals surface area contributed by atoms with Crippen LogP contribution in [0.5, 0.6) is 0 Å². The Bertz CT molecular complexity index is 477. The van der Waals surface area contributed by atoms with Crippen molar-refractivity contribution in [1.29, 1.82) is 0 Å². The number of carbonyl (C=O) groups excluding carboxylic acids is 1. The topological polar surface area (TPSA) is 69.6 Å². The van der Waals surface area contributed by atoms with Gasteiger partial charge in [0.25, 0.3) is 0 Å². The molecule has 0 aliphatic rings. The minimum Gasteiger partial charge on any atom is -0.480 e. The molecule has 2 N–H and O–H groups in total. The van der Waals surface area contributed by atoms with Gasteiger partial charge in [0.1, 0.15) is 6.54 Å². The summed E-state index contributed by atoms with van der Waals surface area (Å²) in [5, 5.41) is 11.6. The van der Waals surface area contributed by atoms with Gasteiger partial charge in [-0.05, 0) is 30.4 Å². The van der Waals surface area contributed by atoms with E-state index in [1.54, 1.807) is 17.8 Å². The predicted molar refractivity (Wildman–Crippen MR) is 81.3 cm³/mol. The highest BCUT2D eigenvalue weighted by Gasteiger charge is 2.18. The first-order chi connectivity index (χ1) is 9.42. The van der Waals surface area contributed by atoms with Gasteiger partial charge in [0.15, 0.2) is 0 Å². The molecule has 6 heteroatoms. The van der Waals surface area contributed by atoms with Gasteiger partial charge in [-0.3, -0.25) is 4.79 Å². The van der Waals surface area contributed by atoms with Crippen LogP contribution in [0.3, 0.4) is 0 Å². The number of benzene rings is 1. The Morgan fingerprint density at radius 2 is 2.10 bits per heavy atom. The number of thioether (sulfide) groups is 1. The molecule has 1 rings (SSSR count). The lowest BCUT2D eigenvalue weighted by atomic mass is 10.2. The van der Waals surface area contributed by atoms with Crippen molar-refractivity contribution < 1.29 is 14.7 Å². The Labute approximate surface area is 123 Å². The minimum atomic E-state index is -1.02. The number of rotatable bonds is 6. The minimum absolute atomic E-state index is 0.206. The molecule has 0 spiro atoms. The molecule has 20 heavy (non-hydrogen) atoms. The molecule has 1 aromatic carbocycles. The summed E-state index contributed by atoms with van der Waals surface area (Å²) in [7, 11) is 0. The van der Waals surface area contributed by atoms with Crippen LogP contribution in [0.25, 0.3) is 0 Å². The Hall–Kier alpha value is -1.69. The van der Waals surface area contributed by atoms with E-state index >= 15 is 0 Å². The van der Waals surface area contributed by atoms with Crippen molar-refractivity contribution in [2.45, 2.75) is 18.7 Å². The van der Waals surface area contributed by atoms with Crippen molar-refractivity contribution in [2.75, 3.05) is 24.7 Å². The number of amides is 2. The van der Waals surface area contributed by atoms with Gasteiger partial charge in [-0.2, -0.15) is 0 Å². The highest BCUT2D eigenvalue weighted by atomic mass is 32.2. The molecule has 0 aliphatic heterocycles. The number of carboxylic acids is 1. The maximum Gasteiger partial charge on any atom is 0.323 e. The molecule has 110 valence electrons. The zero-order chi connectivity index (χ0) is 15.1. The molecule has 0 fully saturated rings. The lowest BCUT2D eigenvalue weighted by Gasteiger charge is -2.23. The maximum atomic E-state index is 12.1. The molecular weight excluding hydrogens is 276 g/mol. The van der Waals surface area contributed by atoms with Crippen LogP contribution in [0, 0.1) is 5.92 Å². The van der Waals surface area contributed by atoms with Gasteiger partial charge >= 0.3 is 12.0 Å². The fourth-order valence-corrected chi connectivity index (χ4v) is 2.19. The third-order valence-corrected chi connectivity index (χ3v) is 3.25. The SMILES string of the molecule is CSc1cccc(NC(=O)N(CC(=O)O)CC(C)C)c1. The van der Waals surface area contributed by atoms with Crippen molar-refractivity contribution in [3.05, 3.63) is 24.3 Å². The maximum absolute atomic E-state index is 12.1. The van der Waals surface area contributed by atoms with E-state index in [4.69, 9.17) is 5.11 Å². The summed E-state index contributed by atoms with van der Waals surface area (Å²) in [5.74, 6) is -0.809. The number of aliphatic carboxylic acids is 1. The zero-order valence-corrected chi connectivity index (χ0v) is 12.7. The third kappa shape index (κ3) is 5.52. The Morgan fingerprint density at radius 1 is 1.40 bits per heavy atom. The lowest BCUT2D eigenvalue weighted by Crippen LogP contribution is -2.40. The van der Waals surface area contributed by atoms with Gasteiger partial charge in [0.05, 0.1) is 0 Å². The molecule has 2 amide bonds. The predicted octanol–water partition coefficient (Wildman–Crippen LogP) is 2.98. The van der Waals surface area contributed by atoms with E-state index in [0.29, 0.717) is 12.2 Å². The second kappa shape index (κ2) is 7.79. The Morgan fingerprint density at radius 3 is 2.65 bits per heavy atom. The second-order valence-corrected chi connectivity index (χ2v) is 5.71. The lowest BCUT2D eigenvalue weighted by molar-refractivity contribution is -0.137. The fourth-order valence-electron chi connectivity index (χ4n) is 1.73.